The first-order chi connectivity index (χ1) is 8.50. The summed E-state index contributed by atoms with van der Waals surface area (Å²) in [6.45, 7) is 1.73. The Kier molecular flexibility index (Phi) is 3.14. The van der Waals surface area contributed by atoms with Crippen molar-refractivity contribution in [2.45, 2.75) is 6.92 Å². The highest BCUT2D eigenvalue weighted by atomic mass is 19.2. The monoisotopic (exact) mass is 251 g/mol. The van der Waals surface area contributed by atoms with Crippen LogP contribution >= 0.6 is 0 Å². The minimum atomic E-state index is -1.65. The quantitative estimate of drug-likeness (QED) is 0.606. The lowest BCUT2D eigenvalue weighted by Crippen LogP contribution is -2.07. The molecule has 1 aromatic heterocycles. The normalized spacial score (nSPS) is 10.4. The van der Waals surface area contributed by atoms with Crippen LogP contribution in [0, 0.1) is 24.4 Å². The Morgan fingerprint density at radius 2 is 1.78 bits per heavy atom. The summed E-state index contributed by atoms with van der Waals surface area (Å²) in [7, 11) is 0. The van der Waals surface area contributed by atoms with Gasteiger partial charge in [-0.15, -0.1) is 0 Å². The summed E-state index contributed by atoms with van der Waals surface area (Å²) >= 11 is 0. The van der Waals surface area contributed by atoms with Crippen molar-refractivity contribution in [3.8, 4) is 0 Å². The molecule has 0 bridgehead atoms. The minimum Gasteiger partial charge on any atom is -0.288 e. The van der Waals surface area contributed by atoms with Crippen LogP contribution in [0.4, 0.5) is 13.2 Å². The third-order valence-electron chi connectivity index (χ3n) is 2.45. The smallest absolute Gasteiger partial charge is 0.197 e. The van der Waals surface area contributed by atoms with Gasteiger partial charge in [-0.05, 0) is 31.2 Å². The highest BCUT2D eigenvalue weighted by Gasteiger charge is 2.19. The predicted octanol–water partition coefficient (Wildman–Crippen LogP) is 3.04. The van der Waals surface area contributed by atoms with E-state index >= 15 is 0 Å². The number of aromatic nitrogens is 1. The van der Waals surface area contributed by atoms with Crippen LogP contribution in [0.1, 0.15) is 21.6 Å². The fourth-order valence-corrected chi connectivity index (χ4v) is 1.46. The van der Waals surface area contributed by atoms with E-state index in [0.717, 1.165) is 6.07 Å². The highest BCUT2D eigenvalue weighted by molar-refractivity contribution is 6.08. The van der Waals surface area contributed by atoms with Crippen LogP contribution in [0.25, 0.3) is 0 Å². The summed E-state index contributed by atoms with van der Waals surface area (Å²) in [6, 6.07) is 4.65. The zero-order valence-electron chi connectivity index (χ0n) is 9.38. The largest absolute Gasteiger partial charge is 0.288 e. The average Bonchev–Trinajstić information content (AvgIpc) is 2.36. The summed E-state index contributed by atoms with van der Waals surface area (Å²) < 4.78 is 39.2. The van der Waals surface area contributed by atoms with Gasteiger partial charge in [-0.3, -0.25) is 9.78 Å². The molecule has 1 heterocycles. The Labute approximate surface area is 101 Å². The first kappa shape index (κ1) is 12.3. The molecule has 0 aliphatic carbocycles. The molecule has 0 radical (unpaired) electrons. The molecule has 2 nitrogen and oxygen atoms in total. The summed E-state index contributed by atoms with van der Waals surface area (Å²) in [5, 5.41) is 0. The first-order valence-corrected chi connectivity index (χ1v) is 5.11. The van der Waals surface area contributed by atoms with Gasteiger partial charge in [0.25, 0.3) is 0 Å². The summed E-state index contributed by atoms with van der Waals surface area (Å²) in [4.78, 5) is 15.8. The van der Waals surface area contributed by atoms with Crippen molar-refractivity contribution in [3.05, 3.63) is 64.7 Å². The van der Waals surface area contributed by atoms with Crippen molar-refractivity contribution in [2.75, 3.05) is 0 Å². The predicted molar refractivity (Wildman–Crippen MR) is 58.7 cm³/mol. The lowest BCUT2D eigenvalue weighted by molar-refractivity contribution is 0.103. The van der Waals surface area contributed by atoms with Gasteiger partial charge in [0, 0.05) is 17.5 Å². The van der Waals surface area contributed by atoms with E-state index in [-0.39, 0.29) is 5.56 Å². The number of benzene rings is 1. The van der Waals surface area contributed by atoms with Gasteiger partial charge < -0.3 is 0 Å². The molecule has 0 fully saturated rings. The third kappa shape index (κ3) is 2.11. The van der Waals surface area contributed by atoms with Gasteiger partial charge in [-0.2, -0.15) is 0 Å². The molecule has 18 heavy (non-hydrogen) atoms. The van der Waals surface area contributed by atoms with Gasteiger partial charge >= 0.3 is 0 Å². The molecule has 0 aliphatic rings. The molecule has 0 amide bonds. The molecule has 2 rings (SSSR count). The molecule has 5 heteroatoms. The van der Waals surface area contributed by atoms with E-state index in [0.29, 0.717) is 11.8 Å². The van der Waals surface area contributed by atoms with Crippen molar-refractivity contribution in [1.82, 2.24) is 4.98 Å². The van der Waals surface area contributed by atoms with Gasteiger partial charge in [0.15, 0.2) is 23.2 Å². The van der Waals surface area contributed by atoms with E-state index in [1.54, 1.807) is 13.0 Å². The van der Waals surface area contributed by atoms with E-state index in [1.165, 1.54) is 12.3 Å². The summed E-state index contributed by atoms with van der Waals surface area (Å²) in [5.74, 6) is -5.20. The fraction of sp³-hybridized carbons (Fsp3) is 0.0769. The highest BCUT2D eigenvalue weighted by Crippen LogP contribution is 2.18. The van der Waals surface area contributed by atoms with Crippen molar-refractivity contribution in [2.24, 2.45) is 0 Å². The van der Waals surface area contributed by atoms with Crippen LogP contribution in [-0.2, 0) is 0 Å². The number of aryl methyl sites for hydroxylation is 1. The number of carbonyl (C=O) groups is 1. The molecule has 0 aliphatic heterocycles. The van der Waals surface area contributed by atoms with Crippen LogP contribution in [0.3, 0.4) is 0 Å². The van der Waals surface area contributed by atoms with E-state index in [2.05, 4.69) is 4.98 Å². The zero-order valence-corrected chi connectivity index (χ0v) is 9.38. The van der Waals surface area contributed by atoms with Gasteiger partial charge in [0.1, 0.15) is 0 Å². The van der Waals surface area contributed by atoms with Gasteiger partial charge in [0.2, 0.25) is 0 Å². The number of pyridine rings is 1. The lowest BCUT2D eigenvalue weighted by Gasteiger charge is -2.04. The zero-order chi connectivity index (χ0) is 13.3. The standard InChI is InChI=1S/C13H8F3NO/c1-7-2-3-8(6-17-7)13(18)9-4-5-10(14)12(16)11(9)15/h2-6H,1H3. The van der Waals surface area contributed by atoms with Crippen LogP contribution in [0.2, 0.25) is 0 Å². The SMILES string of the molecule is Cc1ccc(C(=O)c2ccc(F)c(F)c2F)cn1. The Morgan fingerprint density at radius 3 is 2.39 bits per heavy atom. The second-order valence-corrected chi connectivity index (χ2v) is 3.74. The Hall–Kier alpha value is -2.17. The topological polar surface area (TPSA) is 30.0 Å². The molecule has 92 valence electrons. The minimum absolute atomic E-state index is 0.116. The maximum absolute atomic E-state index is 13.4. The van der Waals surface area contributed by atoms with Crippen molar-refractivity contribution < 1.29 is 18.0 Å². The number of hydrogen-bond donors (Lipinski definition) is 0. The van der Waals surface area contributed by atoms with Crippen molar-refractivity contribution in [3.63, 3.8) is 0 Å². The maximum atomic E-state index is 13.4. The van der Waals surface area contributed by atoms with Crippen molar-refractivity contribution in [1.29, 1.82) is 0 Å². The Morgan fingerprint density at radius 1 is 1.06 bits per heavy atom. The molecule has 0 unspecified atom stereocenters. The number of halogens is 3. The molecular formula is C13H8F3NO. The molecule has 0 N–H and O–H groups in total. The van der Waals surface area contributed by atoms with Crippen LogP contribution in [0.15, 0.2) is 30.5 Å². The van der Waals surface area contributed by atoms with Gasteiger partial charge in [-0.25, -0.2) is 13.2 Å². The molecule has 0 saturated heterocycles. The molecule has 0 spiro atoms. The van der Waals surface area contributed by atoms with E-state index in [4.69, 9.17) is 0 Å². The number of nitrogens with zero attached hydrogens (tertiary/aromatic N) is 1. The second kappa shape index (κ2) is 4.60. The van der Waals surface area contributed by atoms with E-state index in [1.807, 2.05) is 0 Å². The van der Waals surface area contributed by atoms with Crippen LogP contribution in [0.5, 0.6) is 0 Å². The van der Waals surface area contributed by atoms with E-state index < -0.39 is 28.8 Å². The first-order valence-electron chi connectivity index (χ1n) is 5.11. The maximum Gasteiger partial charge on any atom is 0.197 e. The van der Waals surface area contributed by atoms with E-state index in [9.17, 15) is 18.0 Å². The Bertz CT molecular complexity index is 608. The number of carbonyl (C=O) groups excluding carboxylic acids is 1. The lowest BCUT2D eigenvalue weighted by atomic mass is 10.0. The Balaban J connectivity index is 2.46. The molecular weight excluding hydrogens is 243 g/mol. The summed E-state index contributed by atoms with van der Waals surface area (Å²) in [5.41, 5.74) is 0.294. The second-order valence-electron chi connectivity index (χ2n) is 3.74. The summed E-state index contributed by atoms with van der Waals surface area (Å²) in [6.07, 6.45) is 1.26. The van der Waals surface area contributed by atoms with Crippen LogP contribution < -0.4 is 0 Å². The number of hydrogen-bond acceptors (Lipinski definition) is 2. The van der Waals surface area contributed by atoms with Crippen LogP contribution in [-0.4, -0.2) is 10.8 Å². The molecule has 0 atom stereocenters. The fourth-order valence-electron chi connectivity index (χ4n) is 1.46. The molecule has 2 aromatic rings. The number of rotatable bonds is 2. The third-order valence-corrected chi connectivity index (χ3v) is 2.45. The average molecular weight is 251 g/mol. The molecule has 1 aromatic carbocycles. The molecule has 0 saturated carbocycles. The van der Waals surface area contributed by atoms with Gasteiger partial charge in [0.05, 0.1) is 5.56 Å². The number of ketones is 1. The van der Waals surface area contributed by atoms with Gasteiger partial charge in [-0.1, -0.05) is 0 Å². The van der Waals surface area contributed by atoms with Crippen molar-refractivity contribution >= 4 is 5.78 Å².